The van der Waals surface area contributed by atoms with Gasteiger partial charge in [-0.15, -0.1) is 0 Å². The van der Waals surface area contributed by atoms with Crippen molar-refractivity contribution in [1.29, 1.82) is 0 Å². The van der Waals surface area contributed by atoms with E-state index >= 15 is 0 Å². The Labute approximate surface area is 133 Å². The van der Waals surface area contributed by atoms with Gasteiger partial charge >= 0.3 is 29.6 Å². The van der Waals surface area contributed by atoms with Crippen LogP contribution in [0.1, 0.15) is 51.4 Å². The maximum absolute atomic E-state index is 11.2. The zero-order chi connectivity index (χ0) is 13.1. The smallest absolute Gasteiger partial charge is 0.550 e. The van der Waals surface area contributed by atoms with Crippen LogP contribution in [0.2, 0.25) is 0 Å². The van der Waals surface area contributed by atoms with Gasteiger partial charge in [-0.25, -0.2) is 0 Å². The van der Waals surface area contributed by atoms with Crippen LogP contribution in [0.15, 0.2) is 0 Å². The number of hydrogen-bond donors (Lipinski definition) is 0. The Morgan fingerprint density at radius 1 is 1.00 bits per heavy atom. The summed E-state index contributed by atoms with van der Waals surface area (Å²) < 4.78 is 16.4. The molecule has 102 valence electrons. The van der Waals surface area contributed by atoms with Gasteiger partial charge in [0.2, 0.25) is 0 Å². The normalized spacial score (nSPS) is 11.0. The first-order valence-electron chi connectivity index (χ1n) is 6.31. The van der Waals surface area contributed by atoms with Crippen LogP contribution in [-0.2, 0) is 13.9 Å². The number of carbonyl (C=O) groups is 1. The second-order valence-corrected chi connectivity index (χ2v) is 7.44. The monoisotopic (exact) mass is 286 g/mol. The second kappa shape index (κ2) is 12.7. The van der Waals surface area contributed by atoms with E-state index < -0.39 is 13.3 Å². The fourth-order valence-corrected chi connectivity index (χ4v) is 2.11. The summed E-state index contributed by atoms with van der Waals surface area (Å²) in [4.78, 5) is 10.1. The molecule has 0 radical (unpaired) electrons. The van der Waals surface area contributed by atoms with Gasteiger partial charge < -0.3 is 14.4 Å². The maximum atomic E-state index is 11.2. The molecule has 0 aliphatic heterocycles. The van der Waals surface area contributed by atoms with E-state index in [2.05, 4.69) is 0 Å². The van der Waals surface area contributed by atoms with E-state index in [1.165, 1.54) is 0 Å². The number of carboxylic acids is 1. The Balaban J connectivity index is 0. The fraction of sp³-hybridized carbons (Fsp3) is 0.917. The van der Waals surface area contributed by atoms with Crippen molar-refractivity contribution in [2.45, 2.75) is 51.4 Å². The van der Waals surface area contributed by atoms with Crippen LogP contribution in [-0.4, -0.2) is 25.9 Å². The number of hydrogen-bond acceptors (Lipinski definition) is 4. The molecule has 0 atom stereocenters. The van der Waals surface area contributed by atoms with E-state index in [1.807, 2.05) is 0 Å². The Hall–Kier alpha value is 0.660. The van der Waals surface area contributed by atoms with E-state index in [0.717, 1.165) is 44.9 Å². The summed E-state index contributed by atoms with van der Waals surface area (Å²) in [6.07, 6.45) is 7.23. The predicted octanol–water partition coefficient (Wildman–Crippen LogP) is -0.585. The molecule has 0 aromatic rings. The predicted molar refractivity (Wildman–Crippen MR) is 67.3 cm³/mol. The number of carboxylic acid groups (broad SMARTS) is 1. The Morgan fingerprint density at radius 3 is 1.89 bits per heavy atom. The van der Waals surface area contributed by atoms with Gasteiger partial charge in [-0.3, -0.25) is 4.57 Å². The van der Waals surface area contributed by atoms with Crippen LogP contribution in [0.5, 0.6) is 0 Å². The molecule has 0 unspecified atom stereocenters. The van der Waals surface area contributed by atoms with Crippen molar-refractivity contribution in [2.24, 2.45) is 0 Å². The molecular weight excluding hydrogens is 262 g/mol. The van der Waals surface area contributed by atoms with Crippen LogP contribution in [0.3, 0.4) is 0 Å². The van der Waals surface area contributed by atoms with Gasteiger partial charge in [-0.1, -0.05) is 32.1 Å². The fourth-order valence-electron chi connectivity index (χ4n) is 1.54. The number of carbonyl (C=O) groups excluding carboxylic acids is 1. The van der Waals surface area contributed by atoms with Crippen molar-refractivity contribution < 1.29 is 48.5 Å². The summed E-state index contributed by atoms with van der Waals surface area (Å²) in [6.45, 7) is 3.84. The van der Waals surface area contributed by atoms with Crippen LogP contribution >= 0.6 is 7.37 Å². The zero-order valence-electron chi connectivity index (χ0n) is 11.9. The minimum Gasteiger partial charge on any atom is -0.550 e. The number of unbranched alkanes of at least 4 members (excludes halogenated alkanes) is 6. The molecular formula is C12H24NaO4P. The van der Waals surface area contributed by atoms with Crippen LogP contribution < -0.4 is 34.7 Å². The molecule has 0 rings (SSSR count). The molecule has 0 fully saturated rings. The van der Waals surface area contributed by atoms with E-state index in [0.29, 0.717) is 6.61 Å². The van der Waals surface area contributed by atoms with Crippen molar-refractivity contribution in [1.82, 2.24) is 0 Å². The zero-order valence-corrected chi connectivity index (χ0v) is 14.8. The first-order valence-corrected chi connectivity index (χ1v) is 8.83. The number of aliphatic carboxylic acids is 1. The minimum absolute atomic E-state index is 0. The summed E-state index contributed by atoms with van der Waals surface area (Å²) >= 11 is 0. The SMILES string of the molecule is CP(C)(=O)OCCCCCCCCCC(=O)[O-].[Na+]. The van der Waals surface area contributed by atoms with Crippen molar-refractivity contribution in [2.75, 3.05) is 19.9 Å². The first kappa shape index (κ1) is 21.0. The van der Waals surface area contributed by atoms with E-state index in [9.17, 15) is 14.5 Å². The summed E-state index contributed by atoms with van der Waals surface area (Å²) in [7, 11) is -2.31. The van der Waals surface area contributed by atoms with Crippen LogP contribution in [0, 0.1) is 0 Å². The van der Waals surface area contributed by atoms with Crippen molar-refractivity contribution >= 4 is 13.3 Å². The van der Waals surface area contributed by atoms with Crippen molar-refractivity contribution in [3.8, 4) is 0 Å². The van der Waals surface area contributed by atoms with E-state index in [-0.39, 0.29) is 36.0 Å². The molecule has 4 nitrogen and oxygen atoms in total. The molecule has 18 heavy (non-hydrogen) atoms. The van der Waals surface area contributed by atoms with Gasteiger partial charge in [0.25, 0.3) is 0 Å². The summed E-state index contributed by atoms with van der Waals surface area (Å²) in [5.74, 6) is -0.953. The topological polar surface area (TPSA) is 66.4 Å². The average Bonchev–Trinajstić information content (AvgIpc) is 2.18. The Kier molecular flexibility index (Phi) is 14.8. The van der Waals surface area contributed by atoms with Gasteiger partial charge in [-0.2, -0.15) is 0 Å². The third-order valence-corrected chi connectivity index (χ3v) is 3.23. The molecule has 0 saturated carbocycles. The molecule has 0 aromatic carbocycles. The van der Waals surface area contributed by atoms with E-state index in [1.54, 1.807) is 13.3 Å². The molecule has 0 heterocycles. The Morgan fingerprint density at radius 2 is 1.44 bits per heavy atom. The van der Waals surface area contributed by atoms with Gasteiger partial charge in [0, 0.05) is 19.3 Å². The Bertz CT molecular complexity index is 252. The molecule has 0 amide bonds. The molecule has 0 aliphatic carbocycles. The van der Waals surface area contributed by atoms with Crippen molar-refractivity contribution in [3.05, 3.63) is 0 Å². The minimum atomic E-state index is -2.31. The van der Waals surface area contributed by atoms with Gasteiger partial charge in [0.15, 0.2) is 7.37 Å². The summed E-state index contributed by atoms with van der Waals surface area (Å²) in [5.41, 5.74) is 0. The average molecular weight is 286 g/mol. The molecule has 0 bridgehead atoms. The van der Waals surface area contributed by atoms with Gasteiger partial charge in [-0.05, 0) is 19.3 Å². The third-order valence-electron chi connectivity index (χ3n) is 2.43. The maximum Gasteiger partial charge on any atom is 1.00 e. The largest absolute Gasteiger partial charge is 1.00 e. The molecule has 0 spiro atoms. The molecule has 0 aromatic heterocycles. The first-order chi connectivity index (χ1) is 7.92. The number of rotatable bonds is 11. The standard InChI is InChI=1S/C12H25O4P.Na/c1-17(2,15)16-11-9-7-5-3-4-6-8-10-12(13)14;/h3-11H2,1-2H3,(H,13,14);/q;+1/p-1. The molecule has 0 saturated heterocycles. The summed E-state index contributed by atoms with van der Waals surface area (Å²) in [6, 6.07) is 0. The third kappa shape index (κ3) is 19.0. The molecule has 0 N–H and O–H groups in total. The van der Waals surface area contributed by atoms with Gasteiger partial charge in [0.05, 0.1) is 6.61 Å². The molecule has 0 aliphatic rings. The quantitative estimate of drug-likeness (QED) is 0.289. The second-order valence-electron chi connectivity index (χ2n) is 4.68. The van der Waals surface area contributed by atoms with Crippen LogP contribution in [0.4, 0.5) is 0 Å². The molecule has 6 heteroatoms. The van der Waals surface area contributed by atoms with Gasteiger partial charge in [0.1, 0.15) is 0 Å². The summed E-state index contributed by atoms with van der Waals surface area (Å²) in [5, 5.41) is 10.1. The van der Waals surface area contributed by atoms with E-state index in [4.69, 9.17) is 4.52 Å². The van der Waals surface area contributed by atoms with Crippen LogP contribution in [0.25, 0.3) is 0 Å². The van der Waals surface area contributed by atoms with Crippen molar-refractivity contribution in [3.63, 3.8) is 0 Å².